The highest BCUT2D eigenvalue weighted by atomic mass is 19.1. The monoisotopic (exact) mass is 150 g/mol. The van der Waals surface area contributed by atoms with Crippen molar-refractivity contribution in [3.05, 3.63) is 29.3 Å². The van der Waals surface area contributed by atoms with Crippen LogP contribution in [0.1, 0.15) is 11.1 Å². The number of hydrogen-bond acceptors (Lipinski definition) is 2. The number of halogens is 1. The Labute approximate surface area is 64.3 Å². The van der Waals surface area contributed by atoms with Gasteiger partial charge in [-0.15, -0.1) is 6.42 Å². The molecule has 1 aromatic heterocycles. The zero-order valence-electron chi connectivity index (χ0n) is 5.84. The maximum Gasteiger partial charge on any atom is 0.228 e. The zero-order valence-corrected chi connectivity index (χ0v) is 5.84. The number of terminal acetylenes is 1. The summed E-state index contributed by atoms with van der Waals surface area (Å²) < 4.78 is 12.6. The maximum absolute atomic E-state index is 12.6. The summed E-state index contributed by atoms with van der Waals surface area (Å²) in [5.74, 6) is 1.56. The van der Waals surface area contributed by atoms with Crippen LogP contribution in [-0.4, -0.2) is 4.98 Å². The Hall–Kier alpha value is -1.40. The molecule has 0 bridgehead atoms. The standard InChI is InChI=1S/C8H7FN2/c1-2-7-3-6(4-10)5-11-8(7)9/h1,3,5H,4,10H2. The maximum atomic E-state index is 12.6. The van der Waals surface area contributed by atoms with Crippen molar-refractivity contribution in [2.24, 2.45) is 5.73 Å². The quantitative estimate of drug-likeness (QED) is 0.472. The molecule has 0 unspecified atom stereocenters. The molecule has 0 aliphatic carbocycles. The molecule has 0 aromatic carbocycles. The van der Waals surface area contributed by atoms with E-state index in [0.29, 0.717) is 6.54 Å². The summed E-state index contributed by atoms with van der Waals surface area (Å²) in [7, 11) is 0. The Kier molecular flexibility index (Phi) is 2.19. The first kappa shape index (κ1) is 7.70. The third kappa shape index (κ3) is 1.54. The molecule has 0 saturated carbocycles. The van der Waals surface area contributed by atoms with Gasteiger partial charge in [-0.2, -0.15) is 4.39 Å². The lowest BCUT2D eigenvalue weighted by atomic mass is 10.2. The molecule has 0 aliphatic heterocycles. The summed E-state index contributed by atoms with van der Waals surface area (Å²) in [6.45, 7) is 0.321. The van der Waals surface area contributed by atoms with Crippen molar-refractivity contribution in [3.63, 3.8) is 0 Å². The molecule has 1 rings (SSSR count). The van der Waals surface area contributed by atoms with Crippen molar-refractivity contribution in [2.45, 2.75) is 6.54 Å². The number of nitrogens with zero attached hydrogens (tertiary/aromatic N) is 1. The average Bonchev–Trinajstić information content (AvgIpc) is 2.05. The van der Waals surface area contributed by atoms with Gasteiger partial charge in [0.25, 0.3) is 0 Å². The molecule has 0 amide bonds. The number of pyridine rings is 1. The largest absolute Gasteiger partial charge is 0.326 e. The summed E-state index contributed by atoms with van der Waals surface area (Å²) in [4.78, 5) is 3.43. The van der Waals surface area contributed by atoms with Crippen LogP contribution in [-0.2, 0) is 6.54 Å². The topological polar surface area (TPSA) is 38.9 Å². The molecule has 1 aromatic rings. The van der Waals surface area contributed by atoms with Crippen molar-refractivity contribution in [1.29, 1.82) is 0 Å². The van der Waals surface area contributed by atoms with E-state index in [1.807, 2.05) is 0 Å². The number of aromatic nitrogens is 1. The molecule has 0 radical (unpaired) electrons. The van der Waals surface area contributed by atoms with Crippen LogP contribution in [0, 0.1) is 18.3 Å². The molecular formula is C8H7FN2. The van der Waals surface area contributed by atoms with Gasteiger partial charge < -0.3 is 5.73 Å². The average molecular weight is 150 g/mol. The molecule has 1 heterocycles. The molecule has 2 N–H and O–H groups in total. The molecule has 0 saturated heterocycles. The zero-order chi connectivity index (χ0) is 8.27. The second kappa shape index (κ2) is 3.13. The van der Waals surface area contributed by atoms with Crippen LogP contribution in [0.15, 0.2) is 12.3 Å². The van der Waals surface area contributed by atoms with Gasteiger partial charge in [0, 0.05) is 12.7 Å². The Morgan fingerprint density at radius 1 is 1.73 bits per heavy atom. The lowest BCUT2D eigenvalue weighted by Crippen LogP contribution is -1.99. The van der Waals surface area contributed by atoms with Gasteiger partial charge in [0.1, 0.15) is 0 Å². The molecule has 3 heteroatoms. The van der Waals surface area contributed by atoms with Gasteiger partial charge in [-0.1, -0.05) is 5.92 Å². The second-order valence-electron chi connectivity index (χ2n) is 2.03. The Balaban J connectivity index is 3.15. The minimum atomic E-state index is -0.621. The smallest absolute Gasteiger partial charge is 0.228 e. The predicted molar refractivity (Wildman–Crippen MR) is 40.0 cm³/mol. The minimum absolute atomic E-state index is 0.160. The first-order chi connectivity index (χ1) is 5.27. The van der Waals surface area contributed by atoms with E-state index in [4.69, 9.17) is 12.2 Å². The van der Waals surface area contributed by atoms with Crippen molar-refractivity contribution in [3.8, 4) is 12.3 Å². The van der Waals surface area contributed by atoms with E-state index >= 15 is 0 Å². The van der Waals surface area contributed by atoms with Crippen molar-refractivity contribution in [1.82, 2.24) is 4.98 Å². The summed E-state index contributed by atoms with van der Waals surface area (Å²) in [5, 5.41) is 0. The molecule has 0 fully saturated rings. The van der Waals surface area contributed by atoms with Gasteiger partial charge in [0.15, 0.2) is 0 Å². The van der Waals surface area contributed by atoms with Crippen LogP contribution in [0.4, 0.5) is 4.39 Å². The summed E-state index contributed by atoms with van der Waals surface area (Å²) >= 11 is 0. The van der Waals surface area contributed by atoms with E-state index in [9.17, 15) is 4.39 Å². The molecule has 0 atom stereocenters. The van der Waals surface area contributed by atoms with Crippen molar-refractivity contribution in [2.75, 3.05) is 0 Å². The third-order valence-corrected chi connectivity index (χ3v) is 1.29. The Bertz CT molecular complexity index is 301. The van der Waals surface area contributed by atoms with Crippen LogP contribution in [0.3, 0.4) is 0 Å². The van der Waals surface area contributed by atoms with Gasteiger partial charge in [-0.3, -0.25) is 0 Å². The van der Waals surface area contributed by atoms with Crippen molar-refractivity contribution < 1.29 is 4.39 Å². The highest BCUT2D eigenvalue weighted by Crippen LogP contribution is 2.04. The normalized spacial score (nSPS) is 9.18. The fourth-order valence-corrected chi connectivity index (χ4v) is 0.704. The van der Waals surface area contributed by atoms with Crippen LogP contribution < -0.4 is 5.73 Å². The van der Waals surface area contributed by atoms with E-state index in [-0.39, 0.29) is 5.56 Å². The van der Waals surface area contributed by atoms with Gasteiger partial charge >= 0.3 is 0 Å². The Morgan fingerprint density at radius 3 is 3.00 bits per heavy atom. The first-order valence-electron chi connectivity index (χ1n) is 3.09. The van der Waals surface area contributed by atoms with E-state index in [0.717, 1.165) is 5.56 Å². The summed E-state index contributed by atoms with van der Waals surface area (Å²) in [6.07, 6.45) is 6.37. The van der Waals surface area contributed by atoms with Crippen molar-refractivity contribution >= 4 is 0 Å². The minimum Gasteiger partial charge on any atom is -0.326 e. The van der Waals surface area contributed by atoms with E-state index in [1.54, 1.807) is 0 Å². The molecule has 0 aliphatic rings. The van der Waals surface area contributed by atoms with Crippen LogP contribution in [0.25, 0.3) is 0 Å². The number of nitrogens with two attached hydrogens (primary N) is 1. The van der Waals surface area contributed by atoms with Gasteiger partial charge in [0.05, 0.1) is 5.56 Å². The second-order valence-corrected chi connectivity index (χ2v) is 2.03. The molecule has 2 nitrogen and oxygen atoms in total. The van der Waals surface area contributed by atoms with E-state index in [1.165, 1.54) is 12.3 Å². The predicted octanol–water partition coefficient (Wildman–Crippen LogP) is 0.661. The Morgan fingerprint density at radius 2 is 2.45 bits per heavy atom. The molecular weight excluding hydrogens is 143 g/mol. The molecule has 0 spiro atoms. The third-order valence-electron chi connectivity index (χ3n) is 1.29. The number of rotatable bonds is 1. The van der Waals surface area contributed by atoms with E-state index in [2.05, 4.69) is 10.9 Å². The fourth-order valence-electron chi connectivity index (χ4n) is 0.704. The van der Waals surface area contributed by atoms with Crippen LogP contribution in [0.2, 0.25) is 0 Å². The van der Waals surface area contributed by atoms with Crippen LogP contribution >= 0.6 is 0 Å². The first-order valence-corrected chi connectivity index (χ1v) is 3.09. The van der Waals surface area contributed by atoms with Gasteiger partial charge in [-0.05, 0) is 11.6 Å². The van der Waals surface area contributed by atoms with E-state index < -0.39 is 5.95 Å². The summed E-state index contributed by atoms with van der Waals surface area (Å²) in [5.41, 5.74) is 6.19. The molecule has 56 valence electrons. The van der Waals surface area contributed by atoms with Crippen LogP contribution in [0.5, 0.6) is 0 Å². The fraction of sp³-hybridized carbons (Fsp3) is 0.125. The van der Waals surface area contributed by atoms with Gasteiger partial charge in [-0.25, -0.2) is 4.98 Å². The lowest BCUT2D eigenvalue weighted by molar-refractivity contribution is 0.578. The van der Waals surface area contributed by atoms with Gasteiger partial charge in [0.2, 0.25) is 5.95 Å². The SMILES string of the molecule is C#Cc1cc(CN)cnc1F. The number of hydrogen-bond donors (Lipinski definition) is 1. The molecule has 11 heavy (non-hydrogen) atoms. The highest BCUT2D eigenvalue weighted by molar-refractivity contribution is 5.33. The lowest BCUT2D eigenvalue weighted by Gasteiger charge is -1.96. The highest BCUT2D eigenvalue weighted by Gasteiger charge is 2.00. The summed E-state index contributed by atoms with van der Waals surface area (Å²) in [6, 6.07) is 1.52.